The van der Waals surface area contributed by atoms with Gasteiger partial charge in [0, 0.05) is 22.4 Å². The highest BCUT2D eigenvalue weighted by Crippen LogP contribution is 2.24. The normalized spacial score (nSPS) is 10.6. The van der Waals surface area contributed by atoms with Crippen molar-refractivity contribution in [3.63, 3.8) is 0 Å². The SMILES string of the molecule is Cc1ccc(SCCCC(=O)Nc2ccccc2C(=O)Nc2ccc(C)cc2C(=O)c2ccccc2)cc1. The summed E-state index contributed by atoms with van der Waals surface area (Å²) in [6.45, 7) is 3.96. The van der Waals surface area contributed by atoms with Crippen LogP contribution in [-0.4, -0.2) is 23.4 Å². The summed E-state index contributed by atoms with van der Waals surface area (Å²) in [7, 11) is 0. The number of thioether (sulfide) groups is 1. The van der Waals surface area contributed by atoms with E-state index >= 15 is 0 Å². The quantitative estimate of drug-likeness (QED) is 0.130. The van der Waals surface area contributed by atoms with E-state index in [1.165, 1.54) is 10.5 Å². The molecule has 0 atom stereocenters. The van der Waals surface area contributed by atoms with Crippen LogP contribution in [0.2, 0.25) is 0 Å². The van der Waals surface area contributed by atoms with Crippen LogP contribution in [0.5, 0.6) is 0 Å². The fourth-order valence-electron chi connectivity index (χ4n) is 3.95. The predicted molar refractivity (Wildman–Crippen MR) is 155 cm³/mol. The minimum absolute atomic E-state index is 0.148. The number of anilines is 2. The molecule has 2 amide bonds. The summed E-state index contributed by atoms with van der Waals surface area (Å²) in [5, 5.41) is 5.76. The summed E-state index contributed by atoms with van der Waals surface area (Å²) in [6.07, 6.45) is 1.07. The third-order valence-electron chi connectivity index (χ3n) is 5.99. The summed E-state index contributed by atoms with van der Waals surface area (Å²) in [5.74, 6) is 0.103. The van der Waals surface area contributed by atoms with Crippen molar-refractivity contribution in [2.45, 2.75) is 31.6 Å². The van der Waals surface area contributed by atoms with Crippen LogP contribution in [0.4, 0.5) is 11.4 Å². The van der Waals surface area contributed by atoms with Gasteiger partial charge >= 0.3 is 0 Å². The number of amides is 2. The van der Waals surface area contributed by atoms with Gasteiger partial charge in [0.25, 0.3) is 5.91 Å². The molecule has 38 heavy (non-hydrogen) atoms. The number of hydrogen-bond donors (Lipinski definition) is 2. The highest BCUT2D eigenvalue weighted by Gasteiger charge is 2.18. The Morgan fingerprint density at radius 2 is 1.34 bits per heavy atom. The topological polar surface area (TPSA) is 75.3 Å². The van der Waals surface area contributed by atoms with Gasteiger partial charge in [-0.2, -0.15) is 0 Å². The van der Waals surface area contributed by atoms with Crippen LogP contribution >= 0.6 is 11.8 Å². The number of hydrogen-bond acceptors (Lipinski definition) is 4. The number of carbonyl (C=O) groups excluding carboxylic acids is 3. The van der Waals surface area contributed by atoms with Gasteiger partial charge in [-0.05, 0) is 62.4 Å². The smallest absolute Gasteiger partial charge is 0.257 e. The number of carbonyl (C=O) groups is 3. The van der Waals surface area contributed by atoms with Gasteiger partial charge < -0.3 is 10.6 Å². The van der Waals surface area contributed by atoms with Crippen molar-refractivity contribution in [1.29, 1.82) is 0 Å². The molecule has 0 bridgehead atoms. The first kappa shape index (κ1) is 26.9. The standard InChI is InChI=1S/C32H30N2O3S/c1-22-14-17-25(18-15-22)38-20-8-13-30(35)33-28-12-7-6-11-26(28)32(37)34-29-19-16-23(2)21-27(29)31(36)24-9-4-3-5-10-24/h3-7,9-12,14-19,21H,8,13,20H2,1-2H3,(H,33,35)(H,34,37). The summed E-state index contributed by atoms with van der Waals surface area (Å²) in [6, 6.07) is 29.5. The Morgan fingerprint density at radius 3 is 2.11 bits per heavy atom. The molecule has 0 spiro atoms. The molecule has 0 saturated heterocycles. The number of ketones is 1. The Morgan fingerprint density at radius 1 is 0.684 bits per heavy atom. The number of para-hydroxylation sites is 1. The van der Waals surface area contributed by atoms with Crippen molar-refractivity contribution >= 4 is 40.7 Å². The van der Waals surface area contributed by atoms with Crippen molar-refractivity contribution in [2.75, 3.05) is 16.4 Å². The Balaban J connectivity index is 1.41. The summed E-state index contributed by atoms with van der Waals surface area (Å²) in [5.41, 5.74) is 4.27. The molecular formula is C32H30N2O3S. The highest BCUT2D eigenvalue weighted by atomic mass is 32.2. The number of aryl methyl sites for hydroxylation is 2. The lowest BCUT2D eigenvalue weighted by molar-refractivity contribution is -0.116. The molecule has 0 aliphatic rings. The Kier molecular flexibility index (Phi) is 9.11. The van der Waals surface area contributed by atoms with E-state index in [1.807, 2.05) is 19.1 Å². The second kappa shape index (κ2) is 12.9. The molecule has 4 aromatic rings. The third-order valence-corrected chi connectivity index (χ3v) is 7.09. The van der Waals surface area contributed by atoms with Gasteiger partial charge in [0.05, 0.1) is 16.9 Å². The van der Waals surface area contributed by atoms with E-state index in [2.05, 4.69) is 41.8 Å². The lowest BCUT2D eigenvalue weighted by Crippen LogP contribution is -2.19. The van der Waals surface area contributed by atoms with Gasteiger partial charge in [0.2, 0.25) is 5.91 Å². The second-order valence-corrected chi connectivity index (χ2v) is 10.2. The van der Waals surface area contributed by atoms with Crippen molar-refractivity contribution in [2.24, 2.45) is 0 Å². The van der Waals surface area contributed by atoms with Crippen molar-refractivity contribution in [1.82, 2.24) is 0 Å². The number of nitrogens with one attached hydrogen (secondary N) is 2. The maximum absolute atomic E-state index is 13.3. The molecule has 0 aliphatic carbocycles. The minimum Gasteiger partial charge on any atom is -0.325 e. The van der Waals surface area contributed by atoms with Gasteiger partial charge in [-0.3, -0.25) is 14.4 Å². The van der Waals surface area contributed by atoms with E-state index in [0.29, 0.717) is 40.9 Å². The van der Waals surface area contributed by atoms with Crippen LogP contribution < -0.4 is 10.6 Å². The summed E-state index contributed by atoms with van der Waals surface area (Å²) < 4.78 is 0. The molecule has 0 aliphatic heterocycles. The van der Waals surface area contributed by atoms with Crippen molar-refractivity contribution in [3.8, 4) is 0 Å². The van der Waals surface area contributed by atoms with E-state index < -0.39 is 5.91 Å². The van der Waals surface area contributed by atoms with Crippen LogP contribution in [0.15, 0.2) is 102 Å². The van der Waals surface area contributed by atoms with Crippen LogP contribution in [-0.2, 0) is 4.79 Å². The minimum atomic E-state index is -0.401. The van der Waals surface area contributed by atoms with Crippen LogP contribution in [0.25, 0.3) is 0 Å². The molecule has 0 heterocycles. The first-order valence-corrected chi connectivity index (χ1v) is 13.5. The molecule has 6 heteroatoms. The van der Waals surface area contributed by atoms with Crippen LogP contribution in [0.3, 0.4) is 0 Å². The predicted octanol–water partition coefficient (Wildman–Crippen LogP) is 7.30. The fraction of sp³-hybridized carbons (Fsp3) is 0.156. The molecule has 0 unspecified atom stereocenters. The van der Waals surface area contributed by atoms with E-state index in [-0.39, 0.29) is 11.7 Å². The largest absolute Gasteiger partial charge is 0.325 e. The molecular weight excluding hydrogens is 492 g/mol. The second-order valence-electron chi connectivity index (χ2n) is 9.06. The van der Waals surface area contributed by atoms with Gasteiger partial charge in [-0.1, -0.05) is 71.8 Å². The van der Waals surface area contributed by atoms with E-state index in [0.717, 1.165) is 11.3 Å². The Labute approximate surface area is 227 Å². The van der Waals surface area contributed by atoms with Gasteiger partial charge in [0.1, 0.15) is 0 Å². The fourth-order valence-corrected chi connectivity index (χ4v) is 4.80. The van der Waals surface area contributed by atoms with Crippen LogP contribution in [0, 0.1) is 13.8 Å². The van der Waals surface area contributed by atoms with E-state index in [4.69, 9.17) is 0 Å². The highest BCUT2D eigenvalue weighted by molar-refractivity contribution is 7.99. The lowest BCUT2D eigenvalue weighted by Gasteiger charge is -2.14. The van der Waals surface area contributed by atoms with Gasteiger partial charge in [0.15, 0.2) is 5.78 Å². The molecule has 5 nitrogen and oxygen atoms in total. The van der Waals surface area contributed by atoms with Gasteiger partial charge in [-0.15, -0.1) is 11.8 Å². The zero-order valence-electron chi connectivity index (χ0n) is 21.5. The number of rotatable bonds is 10. The van der Waals surface area contributed by atoms with Crippen molar-refractivity contribution < 1.29 is 14.4 Å². The Bertz CT molecular complexity index is 1430. The third kappa shape index (κ3) is 7.20. The monoisotopic (exact) mass is 522 g/mol. The first-order valence-electron chi connectivity index (χ1n) is 12.5. The molecule has 0 saturated carbocycles. The first-order chi connectivity index (χ1) is 18.4. The summed E-state index contributed by atoms with van der Waals surface area (Å²) >= 11 is 1.72. The summed E-state index contributed by atoms with van der Waals surface area (Å²) in [4.78, 5) is 40.3. The zero-order chi connectivity index (χ0) is 26.9. The van der Waals surface area contributed by atoms with Crippen molar-refractivity contribution in [3.05, 3.63) is 125 Å². The lowest BCUT2D eigenvalue weighted by atomic mass is 9.99. The zero-order valence-corrected chi connectivity index (χ0v) is 22.3. The Hall–Kier alpha value is -4.16. The molecule has 192 valence electrons. The average Bonchev–Trinajstić information content (AvgIpc) is 2.93. The molecule has 4 rings (SSSR count). The van der Waals surface area contributed by atoms with E-state index in [1.54, 1.807) is 72.4 Å². The maximum atomic E-state index is 13.3. The molecule has 2 N–H and O–H groups in total. The molecule has 4 aromatic carbocycles. The van der Waals surface area contributed by atoms with E-state index in [9.17, 15) is 14.4 Å². The van der Waals surface area contributed by atoms with Gasteiger partial charge in [-0.25, -0.2) is 0 Å². The number of benzene rings is 4. The average molecular weight is 523 g/mol. The maximum Gasteiger partial charge on any atom is 0.257 e. The van der Waals surface area contributed by atoms with Crippen LogP contribution in [0.1, 0.15) is 50.2 Å². The molecule has 0 aromatic heterocycles. The molecule has 0 fully saturated rings. The molecule has 0 radical (unpaired) electrons.